The van der Waals surface area contributed by atoms with Crippen LogP contribution in [0, 0.1) is 6.92 Å². The fraction of sp³-hybridized carbons (Fsp3) is 0.692. The average molecular weight is 262 g/mol. The first-order valence-corrected chi connectivity index (χ1v) is 7.02. The number of nitrogens with one attached hydrogen (secondary N) is 1. The molecule has 3 heterocycles. The number of nitrogens with two attached hydrogens (primary N) is 1. The maximum Gasteiger partial charge on any atom is 0.145 e. The molecule has 3 rings (SSSR count). The molecule has 0 aliphatic carbocycles. The first kappa shape index (κ1) is 12.8. The highest BCUT2D eigenvalue weighted by Gasteiger charge is 2.30. The number of aryl methyl sites for hydroxylation is 1. The number of rotatable bonds is 3. The van der Waals surface area contributed by atoms with Crippen LogP contribution in [0.4, 0.5) is 5.82 Å². The van der Waals surface area contributed by atoms with Gasteiger partial charge in [0.2, 0.25) is 0 Å². The van der Waals surface area contributed by atoms with E-state index in [0.29, 0.717) is 5.82 Å². The summed E-state index contributed by atoms with van der Waals surface area (Å²) in [6.07, 6.45) is 2.68. The maximum atomic E-state index is 5.43. The maximum absolute atomic E-state index is 5.43. The van der Waals surface area contributed by atoms with Gasteiger partial charge in [0.15, 0.2) is 0 Å². The highest BCUT2D eigenvalue weighted by molar-refractivity contribution is 5.33. The summed E-state index contributed by atoms with van der Waals surface area (Å²) >= 11 is 0. The van der Waals surface area contributed by atoms with Crippen molar-refractivity contribution in [3.63, 3.8) is 0 Å². The Hall–Kier alpha value is -1.24. The molecule has 1 aromatic heterocycles. The smallest absolute Gasteiger partial charge is 0.145 e. The molecule has 2 aliphatic heterocycles. The van der Waals surface area contributed by atoms with Gasteiger partial charge in [0.1, 0.15) is 11.6 Å². The van der Waals surface area contributed by atoms with Crippen molar-refractivity contribution in [2.24, 2.45) is 5.84 Å². The van der Waals surface area contributed by atoms with Crippen LogP contribution in [0.2, 0.25) is 0 Å². The fourth-order valence-corrected chi connectivity index (χ4v) is 3.17. The molecule has 6 nitrogen and oxygen atoms in total. The zero-order chi connectivity index (χ0) is 13.2. The highest BCUT2D eigenvalue weighted by Crippen LogP contribution is 2.22. The van der Waals surface area contributed by atoms with Crippen LogP contribution in [0.5, 0.6) is 0 Å². The highest BCUT2D eigenvalue weighted by atomic mass is 15.3. The molecule has 0 spiro atoms. The zero-order valence-corrected chi connectivity index (χ0v) is 11.5. The van der Waals surface area contributed by atoms with Crippen LogP contribution < -0.4 is 11.3 Å². The molecule has 1 atom stereocenters. The molecule has 0 radical (unpaired) electrons. The van der Waals surface area contributed by atoms with Gasteiger partial charge in [-0.1, -0.05) is 0 Å². The van der Waals surface area contributed by atoms with Crippen molar-refractivity contribution >= 4 is 5.82 Å². The van der Waals surface area contributed by atoms with Gasteiger partial charge in [-0.25, -0.2) is 15.8 Å². The number of hydrazine groups is 1. The zero-order valence-electron chi connectivity index (χ0n) is 11.5. The van der Waals surface area contributed by atoms with E-state index in [1.807, 2.05) is 13.0 Å². The number of fused-ring (bicyclic) bond motifs is 1. The minimum atomic E-state index is 0.696. The lowest BCUT2D eigenvalue weighted by molar-refractivity contribution is 0.0974. The molecule has 2 aliphatic rings. The van der Waals surface area contributed by atoms with Crippen molar-refractivity contribution in [1.29, 1.82) is 0 Å². The van der Waals surface area contributed by atoms with Gasteiger partial charge < -0.3 is 5.43 Å². The van der Waals surface area contributed by atoms with Gasteiger partial charge >= 0.3 is 0 Å². The van der Waals surface area contributed by atoms with Gasteiger partial charge in [-0.2, -0.15) is 0 Å². The fourth-order valence-electron chi connectivity index (χ4n) is 3.17. The second kappa shape index (κ2) is 5.40. The molecule has 6 heteroatoms. The van der Waals surface area contributed by atoms with Crippen LogP contribution in [0.3, 0.4) is 0 Å². The monoisotopic (exact) mass is 262 g/mol. The molecule has 0 aromatic carbocycles. The van der Waals surface area contributed by atoms with E-state index in [9.17, 15) is 0 Å². The largest absolute Gasteiger partial charge is 0.308 e. The molecule has 2 fully saturated rings. The third-order valence-corrected chi connectivity index (χ3v) is 4.08. The molecule has 19 heavy (non-hydrogen) atoms. The lowest BCUT2D eigenvalue weighted by atomic mass is 10.1. The Labute approximate surface area is 114 Å². The second-order valence-electron chi connectivity index (χ2n) is 5.52. The Morgan fingerprint density at radius 3 is 3.11 bits per heavy atom. The second-order valence-corrected chi connectivity index (χ2v) is 5.52. The topological polar surface area (TPSA) is 70.3 Å². The van der Waals surface area contributed by atoms with Gasteiger partial charge in [-0.05, 0) is 26.3 Å². The van der Waals surface area contributed by atoms with Crippen molar-refractivity contribution in [2.75, 3.05) is 31.6 Å². The van der Waals surface area contributed by atoms with E-state index >= 15 is 0 Å². The predicted octanol–water partition coefficient (Wildman–Crippen LogP) is 0.351. The molecule has 0 bridgehead atoms. The predicted molar refractivity (Wildman–Crippen MR) is 74.5 cm³/mol. The van der Waals surface area contributed by atoms with Crippen molar-refractivity contribution in [3.8, 4) is 0 Å². The number of nitrogen functional groups attached to an aromatic ring is 1. The average Bonchev–Trinajstić information content (AvgIpc) is 2.85. The molecule has 3 N–H and O–H groups in total. The molecule has 1 unspecified atom stereocenters. The molecule has 104 valence electrons. The number of hydrogen-bond acceptors (Lipinski definition) is 6. The van der Waals surface area contributed by atoms with Crippen LogP contribution in [-0.4, -0.2) is 52.0 Å². The first-order chi connectivity index (χ1) is 9.24. The normalized spacial score (nSPS) is 24.4. The van der Waals surface area contributed by atoms with E-state index in [2.05, 4.69) is 25.2 Å². The Morgan fingerprint density at radius 2 is 2.26 bits per heavy atom. The lowest BCUT2D eigenvalue weighted by Crippen LogP contribution is -2.49. The number of piperazine rings is 1. The summed E-state index contributed by atoms with van der Waals surface area (Å²) in [4.78, 5) is 14.0. The van der Waals surface area contributed by atoms with Crippen molar-refractivity contribution in [1.82, 2.24) is 19.8 Å². The van der Waals surface area contributed by atoms with Crippen molar-refractivity contribution in [2.45, 2.75) is 32.4 Å². The van der Waals surface area contributed by atoms with Crippen molar-refractivity contribution in [3.05, 3.63) is 17.6 Å². The number of anilines is 1. The van der Waals surface area contributed by atoms with E-state index in [-0.39, 0.29) is 0 Å². The standard InChI is InChI=1S/C13H22N6/c1-10-7-12(17-14)16-13(15-10)9-18-5-6-19-4-2-3-11(19)8-18/h7,11H,2-6,8-9,14H2,1H3,(H,15,16,17). The molecular weight excluding hydrogens is 240 g/mol. The molecule has 2 saturated heterocycles. The van der Waals surface area contributed by atoms with E-state index in [0.717, 1.165) is 37.2 Å². The molecule has 0 saturated carbocycles. The number of aromatic nitrogens is 2. The van der Waals surface area contributed by atoms with Crippen LogP contribution in [0.15, 0.2) is 6.07 Å². The molecular formula is C13H22N6. The molecule has 1 aromatic rings. The Bertz CT molecular complexity index is 449. The summed E-state index contributed by atoms with van der Waals surface area (Å²) in [5.74, 6) is 6.99. The van der Waals surface area contributed by atoms with E-state index < -0.39 is 0 Å². The van der Waals surface area contributed by atoms with Crippen LogP contribution in [-0.2, 0) is 6.54 Å². The summed E-state index contributed by atoms with van der Waals surface area (Å²) in [7, 11) is 0. The summed E-state index contributed by atoms with van der Waals surface area (Å²) in [6.45, 7) is 7.50. The Kier molecular flexibility index (Phi) is 3.63. The van der Waals surface area contributed by atoms with Gasteiger partial charge in [-0.3, -0.25) is 9.80 Å². The summed E-state index contributed by atoms with van der Waals surface area (Å²) in [5, 5.41) is 0. The van der Waals surface area contributed by atoms with Gasteiger partial charge in [0, 0.05) is 37.4 Å². The lowest BCUT2D eigenvalue weighted by Gasteiger charge is -2.37. The third-order valence-electron chi connectivity index (χ3n) is 4.08. The third kappa shape index (κ3) is 2.86. The quantitative estimate of drug-likeness (QED) is 0.605. The van der Waals surface area contributed by atoms with Gasteiger partial charge in [0.25, 0.3) is 0 Å². The van der Waals surface area contributed by atoms with Crippen LogP contribution >= 0.6 is 0 Å². The summed E-state index contributed by atoms with van der Waals surface area (Å²) in [5.41, 5.74) is 3.56. The van der Waals surface area contributed by atoms with E-state index in [1.165, 1.54) is 25.9 Å². The SMILES string of the molecule is Cc1cc(NN)nc(CN2CCN3CCCC3C2)n1. The van der Waals surface area contributed by atoms with Gasteiger partial charge in [-0.15, -0.1) is 0 Å². The summed E-state index contributed by atoms with van der Waals surface area (Å²) < 4.78 is 0. The summed E-state index contributed by atoms with van der Waals surface area (Å²) in [6, 6.07) is 2.60. The minimum absolute atomic E-state index is 0.696. The Balaban J connectivity index is 1.66. The van der Waals surface area contributed by atoms with Crippen LogP contribution in [0.1, 0.15) is 24.4 Å². The van der Waals surface area contributed by atoms with Crippen LogP contribution in [0.25, 0.3) is 0 Å². The number of hydrogen-bond donors (Lipinski definition) is 2. The molecule has 0 amide bonds. The van der Waals surface area contributed by atoms with Crippen molar-refractivity contribution < 1.29 is 0 Å². The first-order valence-electron chi connectivity index (χ1n) is 7.02. The van der Waals surface area contributed by atoms with E-state index in [1.54, 1.807) is 0 Å². The van der Waals surface area contributed by atoms with Gasteiger partial charge in [0.05, 0.1) is 6.54 Å². The Morgan fingerprint density at radius 1 is 1.37 bits per heavy atom. The minimum Gasteiger partial charge on any atom is -0.308 e. The van der Waals surface area contributed by atoms with E-state index in [4.69, 9.17) is 5.84 Å². The number of nitrogens with zero attached hydrogens (tertiary/aromatic N) is 4.